The van der Waals surface area contributed by atoms with Gasteiger partial charge in [-0.05, 0) is 31.9 Å². The van der Waals surface area contributed by atoms with Gasteiger partial charge < -0.3 is 15.6 Å². The van der Waals surface area contributed by atoms with Crippen LogP contribution >= 0.6 is 0 Å². The van der Waals surface area contributed by atoms with Crippen molar-refractivity contribution in [1.29, 1.82) is 0 Å². The predicted octanol–water partition coefficient (Wildman–Crippen LogP) is 3.56. The van der Waals surface area contributed by atoms with Crippen LogP contribution in [0.5, 0.6) is 0 Å². The van der Waals surface area contributed by atoms with Gasteiger partial charge in [0, 0.05) is 11.5 Å². The van der Waals surface area contributed by atoms with Crippen molar-refractivity contribution in [3.8, 4) is 0 Å². The summed E-state index contributed by atoms with van der Waals surface area (Å²) in [6, 6.07) is 10.4. The minimum absolute atomic E-state index is 0.0980. The van der Waals surface area contributed by atoms with Crippen LogP contribution in [0.2, 0.25) is 0 Å². The first kappa shape index (κ1) is 21.2. The van der Waals surface area contributed by atoms with Crippen LogP contribution < -0.4 is 11.1 Å². The molecule has 0 fully saturated rings. The molecule has 3 heterocycles. The molecule has 1 aromatic carbocycles. The van der Waals surface area contributed by atoms with Crippen molar-refractivity contribution in [3.05, 3.63) is 70.5 Å². The third kappa shape index (κ3) is 3.96. The normalized spacial score (nSPS) is 11.3. The second kappa shape index (κ2) is 8.26. The van der Waals surface area contributed by atoms with E-state index in [-0.39, 0.29) is 17.2 Å². The Hall–Kier alpha value is -4.01. The number of rotatable bonds is 6. The summed E-state index contributed by atoms with van der Waals surface area (Å²) in [6.07, 6.45) is 0. The van der Waals surface area contributed by atoms with Crippen LogP contribution in [0, 0.1) is 13.8 Å². The second-order valence-corrected chi connectivity index (χ2v) is 7.97. The van der Waals surface area contributed by atoms with Gasteiger partial charge >= 0.3 is 0 Å². The first-order chi connectivity index (χ1) is 15.2. The molecule has 0 bridgehead atoms. The molecular formula is C23H24N6O3. The van der Waals surface area contributed by atoms with Crippen molar-refractivity contribution in [2.75, 3.05) is 5.32 Å². The fourth-order valence-corrected chi connectivity index (χ4v) is 3.53. The zero-order chi connectivity index (χ0) is 23.0. The van der Waals surface area contributed by atoms with Crippen molar-refractivity contribution in [2.24, 2.45) is 5.73 Å². The quantitative estimate of drug-likeness (QED) is 0.479. The molecule has 2 amide bonds. The van der Waals surface area contributed by atoms with Crippen LogP contribution in [0.3, 0.4) is 0 Å². The average molecular weight is 432 g/mol. The number of nitrogens with one attached hydrogen (secondary N) is 1. The number of pyridine rings is 1. The number of benzene rings is 1. The highest BCUT2D eigenvalue weighted by Crippen LogP contribution is 2.23. The van der Waals surface area contributed by atoms with E-state index < -0.39 is 11.8 Å². The summed E-state index contributed by atoms with van der Waals surface area (Å²) in [6.45, 7) is 8.15. The van der Waals surface area contributed by atoms with Crippen LogP contribution in [0.25, 0.3) is 10.9 Å². The van der Waals surface area contributed by atoms with Crippen LogP contribution in [0.15, 0.2) is 40.9 Å². The van der Waals surface area contributed by atoms with Gasteiger partial charge in [-0.3, -0.25) is 14.3 Å². The number of hydrogen-bond acceptors (Lipinski definition) is 6. The molecule has 9 nitrogen and oxygen atoms in total. The Morgan fingerprint density at radius 1 is 1.19 bits per heavy atom. The lowest BCUT2D eigenvalue weighted by atomic mass is 10.1. The number of fused-ring (bicyclic) bond motifs is 1. The van der Waals surface area contributed by atoms with Gasteiger partial charge in [-0.15, -0.1) is 0 Å². The third-order valence-corrected chi connectivity index (χ3v) is 5.31. The Labute approximate surface area is 184 Å². The van der Waals surface area contributed by atoms with Gasteiger partial charge in [-0.1, -0.05) is 37.2 Å². The molecule has 0 aliphatic carbocycles. The molecule has 0 unspecified atom stereocenters. The fraction of sp³-hybridized carbons (Fsp3) is 0.261. The Balaban J connectivity index is 1.62. The van der Waals surface area contributed by atoms with Crippen LogP contribution in [-0.4, -0.2) is 31.7 Å². The zero-order valence-electron chi connectivity index (χ0n) is 18.3. The Morgan fingerprint density at radius 3 is 2.62 bits per heavy atom. The summed E-state index contributed by atoms with van der Waals surface area (Å²) in [4.78, 5) is 29.3. The van der Waals surface area contributed by atoms with Gasteiger partial charge in [-0.25, -0.2) is 4.98 Å². The van der Waals surface area contributed by atoms with Crippen molar-refractivity contribution < 1.29 is 14.1 Å². The number of amides is 2. The first-order valence-electron chi connectivity index (χ1n) is 10.2. The Morgan fingerprint density at radius 2 is 1.94 bits per heavy atom. The zero-order valence-corrected chi connectivity index (χ0v) is 18.3. The highest BCUT2D eigenvalue weighted by Gasteiger charge is 2.20. The number of carbonyl (C=O) groups excluding carboxylic acids is 2. The van der Waals surface area contributed by atoms with Gasteiger partial charge in [0.15, 0.2) is 5.76 Å². The van der Waals surface area contributed by atoms with E-state index in [0.29, 0.717) is 34.6 Å². The Kier molecular flexibility index (Phi) is 5.48. The van der Waals surface area contributed by atoms with E-state index in [1.807, 2.05) is 33.8 Å². The molecule has 0 aliphatic heterocycles. The summed E-state index contributed by atoms with van der Waals surface area (Å²) in [7, 11) is 0. The standard InChI is InChI=1S/C23H24N6O3/c1-12(2)19-9-15(32-28-19)11-29-14(4)21(13(3)27-29)26-23(31)20-10-17(22(24)30)16-7-5-6-8-18(16)25-20/h5-10,12H,11H2,1-4H3,(H2,24,30)(H,26,31). The Bertz CT molecular complexity index is 1340. The van der Waals surface area contributed by atoms with Gasteiger partial charge in [0.1, 0.15) is 12.2 Å². The van der Waals surface area contributed by atoms with E-state index in [4.69, 9.17) is 10.3 Å². The number of aryl methyl sites for hydroxylation is 1. The molecule has 32 heavy (non-hydrogen) atoms. The lowest BCUT2D eigenvalue weighted by Crippen LogP contribution is -2.18. The number of carbonyl (C=O) groups is 2. The van der Waals surface area contributed by atoms with Crippen molar-refractivity contribution in [1.82, 2.24) is 19.9 Å². The number of nitrogens with two attached hydrogens (primary N) is 1. The SMILES string of the molecule is Cc1nn(Cc2cc(C(C)C)no2)c(C)c1NC(=O)c1cc(C(N)=O)c2ccccc2n1. The molecule has 0 atom stereocenters. The van der Waals surface area contributed by atoms with Gasteiger partial charge in [0.2, 0.25) is 5.91 Å². The molecule has 4 aromatic rings. The topological polar surface area (TPSA) is 129 Å². The largest absolute Gasteiger partial charge is 0.366 e. The second-order valence-electron chi connectivity index (χ2n) is 7.97. The molecular weight excluding hydrogens is 408 g/mol. The molecule has 4 rings (SSSR count). The molecule has 164 valence electrons. The van der Waals surface area contributed by atoms with Crippen molar-refractivity contribution in [2.45, 2.75) is 40.2 Å². The highest BCUT2D eigenvalue weighted by atomic mass is 16.5. The van der Waals surface area contributed by atoms with Crippen LogP contribution in [0.1, 0.15) is 63.5 Å². The third-order valence-electron chi connectivity index (χ3n) is 5.31. The van der Waals surface area contributed by atoms with E-state index in [1.165, 1.54) is 6.07 Å². The average Bonchev–Trinajstić information content (AvgIpc) is 3.33. The summed E-state index contributed by atoms with van der Waals surface area (Å²) in [5.74, 6) is -0.126. The van der Waals surface area contributed by atoms with Crippen LogP contribution in [-0.2, 0) is 6.54 Å². The van der Waals surface area contributed by atoms with Crippen molar-refractivity contribution in [3.63, 3.8) is 0 Å². The number of primary amides is 1. The molecule has 9 heteroatoms. The molecule has 0 saturated heterocycles. The first-order valence-corrected chi connectivity index (χ1v) is 10.2. The van der Waals surface area contributed by atoms with E-state index in [2.05, 4.69) is 20.6 Å². The molecule has 3 N–H and O–H groups in total. The molecule has 0 aliphatic rings. The molecule has 0 saturated carbocycles. The smallest absolute Gasteiger partial charge is 0.274 e. The fourth-order valence-electron chi connectivity index (χ4n) is 3.53. The van der Waals surface area contributed by atoms with Gasteiger partial charge in [0.25, 0.3) is 5.91 Å². The maximum Gasteiger partial charge on any atom is 0.274 e. The van der Waals surface area contributed by atoms with E-state index >= 15 is 0 Å². The van der Waals surface area contributed by atoms with E-state index in [9.17, 15) is 9.59 Å². The molecule has 0 radical (unpaired) electrons. The minimum atomic E-state index is -0.620. The summed E-state index contributed by atoms with van der Waals surface area (Å²) in [5, 5.41) is 12.1. The number of anilines is 1. The number of aromatic nitrogens is 4. The monoisotopic (exact) mass is 432 g/mol. The summed E-state index contributed by atoms with van der Waals surface area (Å²) >= 11 is 0. The lowest BCUT2D eigenvalue weighted by molar-refractivity contribution is 0.100. The molecule has 3 aromatic heterocycles. The highest BCUT2D eigenvalue weighted by molar-refractivity contribution is 6.10. The lowest BCUT2D eigenvalue weighted by Gasteiger charge is -2.09. The summed E-state index contributed by atoms with van der Waals surface area (Å²) in [5.41, 5.74) is 9.25. The maximum absolute atomic E-state index is 13.0. The van der Waals surface area contributed by atoms with Crippen LogP contribution in [0.4, 0.5) is 5.69 Å². The number of nitrogens with zero attached hydrogens (tertiary/aromatic N) is 4. The number of para-hydroxylation sites is 1. The van der Waals surface area contributed by atoms with E-state index in [1.54, 1.807) is 28.9 Å². The maximum atomic E-state index is 13.0. The number of hydrogen-bond donors (Lipinski definition) is 2. The van der Waals surface area contributed by atoms with Crippen molar-refractivity contribution >= 4 is 28.4 Å². The van der Waals surface area contributed by atoms with Gasteiger partial charge in [0.05, 0.1) is 33.8 Å². The van der Waals surface area contributed by atoms with Gasteiger partial charge in [-0.2, -0.15) is 5.10 Å². The minimum Gasteiger partial charge on any atom is -0.366 e. The predicted molar refractivity (Wildman–Crippen MR) is 120 cm³/mol. The summed E-state index contributed by atoms with van der Waals surface area (Å²) < 4.78 is 7.16. The molecule has 0 spiro atoms. The van der Waals surface area contributed by atoms with E-state index in [0.717, 1.165) is 11.4 Å².